The number of fused-ring (bicyclic) bond motifs is 1. The summed E-state index contributed by atoms with van der Waals surface area (Å²) in [7, 11) is -2.03. The van der Waals surface area contributed by atoms with Gasteiger partial charge in [0, 0.05) is 16.9 Å². The van der Waals surface area contributed by atoms with Crippen molar-refractivity contribution < 1.29 is 0 Å². The van der Waals surface area contributed by atoms with Crippen molar-refractivity contribution in [3.05, 3.63) is 22.8 Å². The van der Waals surface area contributed by atoms with Crippen molar-refractivity contribution in [2.24, 2.45) is 0 Å². The Bertz CT molecular complexity index is 704. The summed E-state index contributed by atoms with van der Waals surface area (Å²) in [5.74, 6) is 0. The van der Waals surface area contributed by atoms with Gasteiger partial charge in [-0.15, -0.1) is 0 Å². The smallest absolute Gasteiger partial charge is 0.138 e. The van der Waals surface area contributed by atoms with Gasteiger partial charge in [0.25, 0.3) is 0 Å². The van der Waals surface area contributed by atoms with Gasteiger partial charge in [0.15, 0.2) is 0 Å². The molecule has 0 aliphatic rings. The van der Waals surface area contributed by atoms with Crippen molar-refractivity contribution in [1.29, 1.82) is 5.26 Å². The van der Waals surface area contributed by atoms with Crippen LogP contribution in [0.3, 0.4) is 0 Å². The number of halogens is 1. The first-order valence-electron chi connectivity index (χ1n) is 7.85. The lowest BCUT2D eigenvalue weighted by Crippen LogP contribution is -2.58. The second kappa shape index (κ2) is 6.06. The summed E-state index contributed by atoms with van der Waals surface area (Å²) in [6.45, 7) is 13.6. The van der Waals surface area contributed by atoms with E-state index in [1.54, 1.807) is 0 Å². The molecule has 0 unspecified atom stereocenters. The zero-order chi connectivity index (χ0) is 16.7. The molecule has 0 aliphatic carbocycles. The zero-order valence-corrected chi connectivity index (χ0v) is 15.9. The number of aromatic nitrogens is 2. The maximum absolute atomic E-state index is 9.74. The van der Waals surface area contributed by atoms with E-state index in [0.717, 1.165) is 16.4 Å². The van der Waals surface area contributed by atoms with Gasteiger partial charge < -0.3 is 4.98 Å². The van der Waals surface area contributed by atoms with Crippen LogP contribution in [0.25, 0.3) is 11.0 Å². The van der Waals surface area contributed by atoms with Gasteiger partial charge in [-0.05, 0) is 22.7 Å². The van der Waals surface area contributed by atoms with Crippen molar-refractivity contribution >= 4 is 36.0 Å². The first kappa shape index (κ1) is 17.0. The van der Waals surface area contributed by atoms with Crippen LogP contribution >= 0.6 is 11.6 Å². The summed E-state index contributed by atoms with van der Waals surface area (Å²) in [5, 5.41) is 12.1. The third-order valence-electron chi connectivity index (χ3n) is 5.03. The van der Waals surface area contributed by atoms with Gasteiger partial charge in [-0.1, -0.05) is 53.1 Å². The molecule has 0 spiro atoms. The zero-order valence-electron chi connectivity index (χ0n) is 14.2. The number of H-pyrrole nitrogens is 1. The predicted octanol–water partition coefficient (Wildman–Crippen LogP) is 4.97. The minimum absolute atomic E-state index is 0.482. The van der Waals surface area contributed by atoms with Gasteiger partial charge in [-0.2, -0.15) is 5.26 Å². The highest BCUT2D eigenvalue weighted by Crippen LogP contribution is 2.42. The number of pyridine rings is 1. The van der Waals surface area contributed by atoms with Gasteiger partial charge in [-0.25, -0.2) is 4.98 Å². The van der Waals surface area contributed by atoms with Crippen molar-refractivity contribution in [2.45, 2.75) is 58.2 Å². The third kappa shape index (κ3) is 2.28. The Morgan fingerprint density at radius 3 is 2.14 bits per heavy atom. The lowest BCUT2D eigenvalue weighted by molar-refractivity contribution is 0.831. The standard InChI is InChI=1S/C17H24ClN3Si/c1-10(2)22(11(3)4,12(5)6)17-14(9-19)15(18)13-7-8-20-16(13)21-17/h7-8,10-12H,1-6H3,(H,20,21). The molecule has 22 heavy (non-hydrogen) atoms. The van der Waals surface area contributed by atoms with Gasteiger partial charge in [0.2, 0.25) is 0 Å². The quantitative estimate of drug-likeness (QED) is 0.803. The van der Waals surface area contributed by atoms with E-state index >= 15 is 0 Å². The number of hydrogen-bond donors (Lipinski definition) is 1. The molecule has 0 aromatic carbocycles. The molecule has 118 valence electrons. The van der Waals surface area contributed by atoms with Crippen LogP contribution in [0.15, 0.2) is 12.3 Å². The molecule has 0 radical (unpaired) electrons. The Balaban J connectivity index is 2.93. The van der Waals surface area contributed by atoms with E-state index in [9.17, 15) is 5.26 Å². The number of nitrogens with one attached hydrogen (secondary N) is 1. The van der Waals surface area contributed by atoms with Gasteiger partial charge in [0.1, 0.15) is 19.8 Å². The van der Waals surface area contributed by atoms with Crippen LogP contribution in [0.5, 0.6) is 0 Å². The highest BCUT2D eigenvalue weighted by atomic mass is 35.5. The summed E-state index contributed by atoms with van der Waals surface area (Å²) in [6, 6.07) is 4.23. The fourth-order valence-corrected chi connectivity index (χ4v) is 11.2. The molecule has 5 heteroatoms. The predicted molar refractivity (Wildman–Crippen MR) is 96.5 cm³/mol. The number of hydrogen-bond acceptors (Lipinski definition) is 2. The molecule has 2 aromatic rings. The molecule has 0 bridgehead atoms. The molecular formula is C17H24ClN3Si. The van der Waals surface area contributed by atoms with Crippen LogP contribution in [-0.4, -0.2) is 18.0 Å². The van der Waals surface area contributed by atoms with Crippen molar-refractivity contribution in [3.63, 3.8) is 0 Å². The molecule has 2 aromatic heterocycles. The van der Waals surface area contributed by atoms with E-state index in [-0.39, 0.29) is 0 Å². The second-order valence-electron chi connectivity index (χ2n) is 6.90. The summed E-state index contributed by atoms with van der Waals surface area (Å²) in [5.41, 5.74) is 2.82. The number of nitrogens with zero attached hydrogens (tertiary/aromatic N) is 2. The normalized spacial score (nSPS) is 12.6. The number of rotatable bonds is 4. The van der Waals surface area contributed by atoms with E-state index in [4.69, 9.17) is 16.6 Å². The van der Waals surface area contributed by atoms with Crippen LogP contribution < -0.4 is 5.32 Å². The molecule has 1 N–H and O–H groups in total. The Hall–Kier alpha value is -1.31. The number of aromatic amines is 1. The number of nitriles is 1. The Morgan fingerprint density at radius 1 is 1.14 bits per heavy atom. The topological polar surface area (TPSA) is 52.5 Å². The van der Waals surface area contributed by atoms with E-state index < -0.39 is 8.07 Å². The van der Waals surface area contributed by atoms with Crippen LogP contribution in [0.4, 0.5) is 0 Å². The Morgan fingerprint density at radius 2 is 1.68 bits per heavy atom. The molecule has 0 amide bonds. The molecular weight excluding hydrogens is 310 g/mol. The third-order valence-corrected chi connectivity index (χ3v) is 12.3. The van der Waals surface area contributed by atoms with Crippen LogP contribution in [-0.2, 0) is 0 Å². The fraction of sp³-hybridized carbons (Fsp3) is 0.529. The largest absolute Gasteiger partial charge is 0.346 e. The monoisotopic (exact) mass is 333 g/mol. The summed E-state index contributed by atoms with van der Waals surface area (Å²) in [6.07, 6.45) is 1.83. The molecule has 0 saturated carbocycles. The van der Waals surface area contributed by atoms with Crippen molar-refractivity contribution in [2.75, 3.05) is 0 Å². The minimum Gasteiger partial charge on any atom is -0.346 e. The van der Waals surface area contributed by atoms with Crippen molar-refractivity contribution in [3.8, 4) is 6.07 Å². The maximum Gasteiger partial charge on any atom is 0.138 e. The van der Waals surface area contributed by atoms with Gasteiger partial charge in [0.05, 0.1) is 10.6 Å². The van der Waals surface area contributed by atoms with Gasteiger partial charge in [-0.3, -0.25) is 0 Å². The highest BCUT2D eigenvalue weighted by Gasteiger charge is 2.48. The lowest BCUT2D eigenvalue weighted by Gasteiger charge is -2.42. The Kier molecular flexibility index (Phi) is 4.69. The van der Waals surface area contributed by atoms with Crippen LogP contribution in [0, 0.1) is 11.3 Å². The van der Waals surface area contributed by atoms with Crippen molar-refractivity contribution in [1.82, 2.24) is 9.97 Å². The van der Waals surface area contributed by atoms with E-state index in [2.05, 4.69) is 52.6 Å². The second-order valence-corrected chi connectivity index (χ2v) is 13.1. The average Bonchev–Trinajstić information content (AvgIpc) is 2.87. The van der Waals surface area contributed by atoms with E-state index in [0.29, 0.717) is 27.2 Å². The van der Waals surface area contributed by atoms with Gasteiger partial charge >= 0.3 is 0 Å². The Labute approximate surface area is 138 Å². The van der Waals surface area contributed by atoms with Crippen LogP contribution in [0.1, 0.15) is 47.1 Å². The molecule has 2 heterocycles. The van der Waals surface area contributed by atoms with Crippen LogP contribution in [0.2, 0.25) is 21.6 Å². The molecule has 0 atom stereocenters. The SMILES string of the molecule is CC(C)[Si](c1nc2[nH]ccc2c(Cl)c1C#N)(C(C)C)C(C)C. The van der Waals surface area contributed by atoms with E-state index in [1.807, 2.05) is 12.3 Å². The molecule has 0 saturated heterocycles. The lowest BCUT2D eigenvalue weighted by atomic mass is 10.2. The summed E-state index contributed by atoms with van der Waals surface area (Å²) >= 11 is 6.55. The molecule has 3 nitrogen and oxygen atoms in total. The molecule has 2 rings (SSSR count). The average molecular weight is 334 g/mol. The maximum atomic E-state index is 9.74. The molecule has 0 fully saturated rings. The fourth-order valence-electron chi connectivity index (χ4n) is 4.27. The minimum atomic E-state index is -2.03. The summed E-state index contributed by atoms with van der Waals surface area (Å²) < 4.78 is 0. The van der Waals surface area contributed by atoms with E-state index in [1.165, 1.54) is 0 Å². The molecule has 0 aliphatic heterocycles. The first-order chi connectivity index (χ1) is 10.3. The highest BCUT2D eigenvalue weighted by molar-refractivity contribution is 6.95. The first-order valence-corrected chi connectivity index (χ1v) is 10.5. The summed E-state index contributed by atoms with van der Waals surface area (Å²) in [4.78, 5) is 8.06.